The van der Waals surface area contributed by atoms with Crippen LogP contribution < -0.4 is 5.32 Å². The summed E-state index contributed by atoms with van der Waals surface area (Å²) in [7, 11) is -3.78. The smallest absolute Gasteiger partial charge is 0.254 e. The molecule has 1 saturated heterocycles. The van der Waals surface area contributed by atoms with E-state index in [-0.39, 0.29) is 21.7 Å². The minimum absolute atomic E-state index is 0.202. The molecule has 2 heterocycles. The summed E-state index contributed by atoms with van der Waals surface area (Å²) in [6.45, 7) is 4.34. The predicted molar refractivity (Wildman–Crippen MR) is 111 cm³/mol. The van der Waals surface area contributed by atoms with E-state index in [1.165, 1.54) is 0 Å². The van der Waals surface area contributed by atoms with Crippen LogP contribution in [-0.2, 0) is 19.4 Å². The Morgan fingerprint density at radius 2 is 1.76 bits per heavy atom. The molecule has 0 bridgehead atoms. The van der Waals surface area contributed by atoms with Crippen LogP contribution in [0.15, 0.2) is 40.1 Å². The van der Waals surface area contributed by atoms with Crippen molar-refractivity contribution < 1.29 is 17.9 Å². The van der Waals surface area contributed by atoms with Gasteiger partial charge in [0.1, 0.15) is 16.8 Å². The Morgan fingerprint density at radius 1 is 1.07 bits per heavy atom. The van der Waals surface area contributed by atoms with Gasteiger partial charge in [0, 0.05) is 18.3 Å². The predicted octanol–water partition coefficient (Wildman–Crippen LogP) is 4.17. The number of sulfone groups is 1. The van der Waals surface area contributed by atoms with Crippen molar-refractivity contribution in [3.05, 3.63) is 41.6 Å². The van der Waals surface area contributed by atoms with Crippen LogP contribution in [0.1, 0.15) is 55.8 Å². The van der Waals surface area contributed by atoms with Gasteiger partial charge in [0.15, 0.2) is 0 Å². The molecule has 156 valence electrons. The Hall–Kier alpha value is -2.12. The van der Waals surface area contributed by atoms with E-state index in [0.717, 1.165) is 37.8 Å². The number of hydrogen-bond donors (Lipinski definition) is 1. The lowest BCUT2D eigenvalue weighted by molar-refractivity contribution is -0.124. The van der Waals surface area contributed by atoms with Crippen molar-refractivity contribution in [2.75, 3.05) is 11.9 Å². The van der Waals surface area contributed by atoms with Gasteiger partial charge in [-0.05, 0) is 57.2 Å². The zero-order valence-corrected chi connectivity index (χ0v) is 17.8. The Balaban J connectivity index is 1.85. The molecule has 2 fully saturated rings. The average molecular weight is 417 g/mol. The second kappa shape index (κ2) is 7.95. The number of aromatic nitrogens is 1. The van der Waals surface area contributed by atoms with Gasteiger partial charge < -0.3 is 14.6 Å². The number of carbonyl (C=O) groups is 1. The molecule has 1 aliphatic heterocycles. The zero-order valence-electron chi connectivity index (χ0n) is 17.0. The quantitative estimate of drug-likeness (QED) is 0.794. The lowest BCUT2D eigenvalue weighted by Gasteiger charge is -2.21. The van der Waals surface area contributed by atoms with Crippen LogP contribution >= 0.6 is 0 Å². The third-order valence-electron chi connectivity index (χ3n) is 6.18. The first kappa shape index (κ1) is 20.2. The van der Waals surface area contributed by atoms with Crippen molar-refractivity contribution >= 4 is 21.6 Å². The number of carbonyl (C=O) groups excluding carboxylic acids is 1. The van der Waals surface area contributed by atoms with Crippen molar-refractivity contribution in [1.29, 1.82) is 0 Å². The van der Waals surface area contributed by atoms with Crippen LogP contribution in [0.4, 0.5) is 5.82 Å². The van der Waals surface area contributed by atoms with Gasteiger partial charge in [-0.2, -0.15) is 0 Å². The zero-order chi connectivity index (χ0) is 20.6. The summed E-state index contributed by atoms with van der Waals surface area (Å²) in [6, 6.07) is 8.63. The Kier molecular flexibility index (Phi) is 5.53. The van der Waals surface area contributed by atoms with Gasteiger partial charge in [-0.15, -0.1) is 0 Å². The monoisotopic (exact) mass is 416 g/mol. The number of rotatable bonds is 5. The second-order valence-electron chi connectivity index (χ2n) is 8.00. The molecule has 29 heavy (non-hydrogen) atoms. The van der Waals surface area contributed by atoms with Crippen molar-refractivity contribution in [2.24, 2.45) is 0 Å². The van der Waals surface area contributed by atoms with E-state index >= 15 is 0 Å². The van der Waals surface area contributed by atoms with E-state index in [4.69, 9.17) is 4.74 Å². The molecule has 1 amide bonds. The van der Waals surface area contributed by atoms with Crippen LogP contribution in [0.2, 0.25) is 0 Å². The first-order valence-corrected chi connectivity index (χ1v) is 11.8. The summed E-state index contributed by atoms with van der Waals surface area (Å²) in [4.78, 5) is 13.3. The minimum atomic E-state index is -3.78. The minimum Gasteiger partial charge on any atom is -0.368 e. The number of anilines is 1. The van der Waals surface area contributed by atoms with Crippen molar-refractivity contribution in [3.63, 3.8) is 0 Å². The van der Waals surface area contributed by atoms with E-state index in [1.54, 1.807) is 30.3 Å². The number of hydrogen-bond acceptors (Lipinski definition) is 4. The lowest BCUT2D eigenvalue weighted by Crippen LogP contribution is -2.29. The SMILES string of the molecule is Cc1c(S(=O)(=O)c2ccccc2)c(NC(=O)[C@H]2CCCO2)n(C2CCCC2)c1C. The molecular formula is C22H28N2O4S. The van der Waals surface area contributed by atoms with Crippen LogP contribution in [0, 0.1) is 13.8 Å². The highest BCUT2D eigenvalue weighted by atomic mass is 32.2. The molecule has 0 unspecified atom stereocenters. The Morgan fingerprint density at radius 3 is 2.38 bits per heavy atom. The fraction of sp³-hybridized carbons (Fsp3) is 0.500. The fourth-order valence-corrected chi connectivity index (χ4v) is 6.27. The van der Waals surface area contributed by atoms with E-state index in [0.29, 0.717) is 24.4 Å². The highest BCUT2D eigenvalue weighted by molar-refractivity contribution is 7.91. The van der Waals surface area contributed by atoms with E-state index in [1.807, 2.05) is 18.4 Å². The third kappa shape index (κ3) is 3.62. The van der Waals surface area contributed by atoms with Gasteiger partial charge in [-0.1, -0.05) is 31.0 Å². The van der Waals surface area contributed by atoms with Gasteiger partial charge in [0.2, 0.25) is 9.84 Å². The third-order valence-corrected chi connectivity index (χ3v) is 8.11. The average Bonchev–Trinajstić information content (AvgIpc) is 3.45. The number of ether oxygens (including phenoxy) is 1. The second-order valence-corrected chi connectivity index (χ2v) is 9.89. The largest absolute Gasteiger partial charge is 0.368 e. The number of nitrogens with one attached hydrogen (secondary N) is 1. The maximum absolute atomic E-state index is 13.6. The summed E-state index contributed by atoms with van der Waals surface area (Å²) in [5, 5.41) is 2.96. The highest BCUT2D eigenvalue weighted by Gasteiger charge is 2.35. The van der Waals surface area contributed by atoms with Crippen LogP contribution in [0.25, 0.3) is 0 Å². The van der Waals surface area contributed by atoms with Gasteiger partial charge in [0.25, 0.3) is 5.91 Å². The van der Waals surface area contributed by atoms with Crippen molar-refractivity contribution in [2.45, 2.75) is 74.3 Å². The van der Waals surface area contributed by atoms with Gasteiger partial charge in [0.05, 0.1) is 4.90 Å². The van der Waals surface area contributed by atoms with E-state index in [2.05, 4.69) is 5.32 Å². The summed E-state index contributed by atoms with van der Waals surface area (Å²) < 4.78 is 34.7. The molecule has 0 spiro atoms. The molecule has 2 aromatic rings. The molecule has 1 aliphatic carbocycles. The Labute approximate surface area is 172 Å². The molecule has 6 nitrogen and oxygen atoms in total. The van der Waals surface area contributed by atoms with Gasteiger partial charge >= 0.3 is 0 Å². The van der Waals surface area contributed by atoms with Crippen LogP contribution in [-0.4, -0.2) is 31.6 Å². The normalized spacial score (nSPS) is 20.3. The molecule has 1 N–H and O–H groups in total. The van der Waals surface area contributed by atoms with E-state index in [9.17, 15) is 13.2 Å². The number of nitrogens with zero attached hydrogens (tertiary/aromatic N) is 1. The van der Waals surface area contributed by atoms with Gasteiger partial charge in [-0.3, -0.25) is 4.79 Å². The molecule has 2 aliphatic rings. The molecule has 1 atom stereocenters. The van der Waals surface area contributed by atoms with Crippen LogP contribution in [0.5, 0.6) is 0 Å². The molecule has 1 saturated carbocycles. The summed E-state index contributed by atoms with van der Waals surface area (Å²) in [6.07, 6.45) is 5.19. The molecular weight excluding hydrogens is 388 g/mol. The number of benzene rings is 1. The molecule has 0 radical (unpaired) electrons. The summed E-state index contributed by atoms with van der Waals surface area (Å²) in [5.74, 6) is 0.139. The molecule has 4 rings (SSSR count). The fourth-order valence-electron chi connectivity index (χ4n) is 4.56. The summed E-state index contributed by atoms with van der Waals surface area (Å²) >= 11 is 0. The first-order valence-electron chi connectivity index (χ1n) is 10.3. The molecule has 7 heteroatoms. The summed E-state index contributed by atoms with van der Waals surface area (Å²) in [5.41, 5.74) is 1.59. The Bertz CT molecular complexity index is 999. The van der Waals surface area contributed by atoms with Crippen molar-refractivity contribution in [3.8, 4) is 0 Å². The lowest BCUT2D eigenvalue weighted by atomic mass is 10.2. The van der Waals surface area contributed by atoms with E-state index < -0.39 is 15.9 Å². The maximum atomic E-state index is 13.6. The first-order chi connectivity index (χ1) is 13.9. The number of amides is 1. The van der Waals surface area contributed by atoms with Crippen LogP contribution in [0.3, 0.4) is 0 Å². The van der Waals surface area contributed by atoms with Gasteiger partial charge in [-0.25, -0.2) is 8.42 Å². The molecule has 1 aromatic heterocycles. The highest BCUT2D eigenvalue weighted by Crippen LogP contribution is 2.41. The topological polar surface area (TPSA) is 77.4 Å². The standard InChI is InChI=1S/C22H28N2O4S/c1-15-16(2)24(17-9-6-7-10-17)21(23-22(25)19-13-8-14-28-19)20(15)29(26,27)18-11-4-3-5-12-18/h3-5,11-12,17,19H,6-10,13-14H2,1-2H3,(H,23,25)/t19-/m1/s1. The van der Waals surface area contributed by atoms with Crippen molar-refractivity contribution in [1.82, 2.24) is 4.57 Å². The molecule has 1 aromatic carbocycles. The maximum Gasteiger partial charge on any atom is 0.254 e.